The number of nitrogens with zero attached hydrogens (tertiary/aromatic N) is 6. The number of ether oxygens (including phenoxy) is 1. The maximum absolute atomic E-state index is 17.6. The number of piperazine rings is 1. The fourth-order valence-corrected chi connectivity index (χ4v) is 10.7. The molecule has 7 heterocycles. The van der Waals surface area contributed by atoms with Gasteiger partial charge < -0.3 is 23.6 Å². The highest BCUT2D eigenvalue weighted by Gasteiger charge is 2.45. The predicted octanol–water partition coefficient (Wildman–Crippen LogP) is 9.07. The molecule has 0 radical (unpaired) electrons. The van der Waals surface area contributed by atoms with Crippen molar-refractivity contribution in [1.29, 1.82) is 0 Å². The van der Waals surface area contributed by atoms with Crippen LogP contribution in [-0.4, -0.2) is 80.3 Å². The summed E-state index contributed by atoms with van der Waals surface area (Å²) >= 11 is 0. The van der Waals surface area contributed by atoms with Gasteiger partial charge in [0.05, 0.1) is 28.7 Å². The monoisotopic (exact) mass is 834 g/mol. The molecule has 0 bridgehead atoms. The lowest BCUT2D eigenvalue weighted by Crippen LogP contribution is -2.58. The Morgan fingerprint density at radius 3 is 2.54 bits per heavy atom. The fourth-order valence-electron chi connectivity index (χ4n) is 10.7. The minimum absolute atomic E-state index is 0.000187. The Labute approximate surface area is 355 Å². The van der Waals surface area contributed by atoms with Crippen LogP contribution in [-0.2, 0) is 19.4 Å². The molecule has 4 aliphatic rings. The first-order chi connectivity index (χ1) is 29.7. The second-order valence-electron chi connectivity index (χ2n) is 17.6. The number of hydrogen-bond acceptors (Lipinski definition) is 11. The van der Waals surface area contributed by atoms with Gasteiger partial charge in [0.15, 0.2) is 17.3 Å². The van der Waals surface area contributed by atoms with Crippen molar-refractivity contribution in [3.05, 3.63) is 69.3 Å². The van der Waals surface area contributed by atoms with Crippen molar-refractivity contribution in [2.75, 3.05) is 37.7 Å². The number of unbranched alkanes of at least 4 members (excludes halogenated alkanes) is 5. The van der Waals surface area contributed by atoms with Gasteiger partial charge in [0.2, 0.25) is 0 Å². The lowest BCUT2D eigenvalue weighted by molar-refractivity contribution is 0.107. The number of phenols is 1. The van der Waals surface area contributed by atoms with Crippen LogP contribution >= 0.6 is 0 Å². The van der Waals surface area contributed by atoms with Crippen LogP contribution in [0.2, 0.25) is 0 Å². The molecule has 2 atom stereocenters. The normalized spacial score (nSPS) is 20.1. The van der Waals surface area contributed by atoms with Gasteiger partial charge in [0.1, 0.15) is 35.2 Å². The number of halogens is 2. The molecule has 0 aliphatic carbocycles. The van der Waals surface area contributed by atoms with Crippen molar-refractivity contribution in [1.82, 2.24) is 24.8 Å². The van der Waals surface area contributed by atoms with Crippen molar-refractivity contribution in [2.45, 2.75) is 134 Å². The SMILES string of the molecule is C#Cc1c(F)ccc2cc(O)cc(-c3nc4c5c(nc(OCC67CCCN6CCC7)nc5c3F)N3C[C@@H](CC)N(Cc5oc(=O)oc5CCCCCCCC)CC3CCC4)c12. The molecular formula is C48H56F2N6O5. The molecular weight excluding hydrogens is 779 g/mol. The van der Waals surface area contributed by atoms with Crippen LogP contribution < -0.4 is 15.5 Å². The predicted molar refractivity (Wildman–Crippen MR) is 231 cm³/mol. The number of pyridine rings is 1. The Hall–Kier alpha value is -5.06. The van der Waals surface area contributed by atoms with Crippen LogP contribution in [0.1, 0.15) is 120 Å². The van der Waals surface area contributed by atoms with E-state index in [4.69, 9.17) is 34.9 Å². The van der Waals surface area contributed by atoms with Gasteiger partial charge in [-0.3, -0.25) is 9.80 Å². The van der Waals surface area contributed by atoms with Crippen LogP contribution in [0.5, 0.6) is 11.8 Å². The molecule has 3 aromatic heterocycles. The molecule has 4 aliphatic heterocycles. The number of rotatable bonds is 14. The molecule has 9 rings (SSSR count). The molecule has 13 heteroatoms. The zero-order valence-corrected chi connectivity index (χ0v) is 35.4. The van der Waals surface area contributed by atoms with Gasteiger partial charge in [-0.25, -0.2) is 18.6 Å². The quantitative estimate of drug-likeness (QED) is 0.0852. The minimum Gasteiger partial charge on any atom is -0.508 e. The van der Waals surface area contributed by atoms with Crippen LogP contribution in [0.4, 0.5) is 14.6 Å². The van der Waals surface area contributed by atoms with Crippen molar-refractivity contribution in [2.24, 2.45) is 0 Å². The second kappa shape index (κ2) is 17.4. The van der Waals surface area contributed by atoms with E-state index in [1.54, 1.807) is 0 Å². The van der Waals surface area contributed by atoms with Gasteiger partial charge in [0, 0.05) is 42.5 Å². The summed E-state index contributed by atoms with van der Waals surface area (Å²) in [5.41, 5.74) is 0.685. The highest BCUT2D eigenvalue weighted by Crippen LogP contribution is 2.43. The van der Waals surface area contributed by atoms with E-state index < -0.39 is 17.5 Å². The molecule has 1 unspecified atom stereocenters. The Morgan fingerprint density at radius 2 is 1.75 bits per heavy atom. The highest BCUT2D eigenvalue weighted by molar-refractivity contribution is 6.03. The van der Waals surface area contributed by atoms with Gasteiger partial charge in [-0.05, 0) is 94.5 Å². The zero-order valence-electron chi connectivity index (χ0n) is 35.4. The van der Waals surface area contributed by atoms with E-state index in [1.807, 2.05) is 0 Å². The number of terminal acetylenes is 1. The van der Waals surface area contributed by atoms with Crippen LogP contribution in [0.15, 0.2) is 37.9 Å². The molecule has 0 spiro atoms. The van der Waals surface area contributed by atoms with E-state index in [1.165, 1.54) is 49.9 Å². The van der Waals surface area contributed by atoms with Crippen molar-refractivity contribution >= 4 is 27.5 Å². The third kappa shape index (κ3) is 7.86. The molecule has 0 amide bonds. The molecule has 2 aromatic carbocycles. The zero-order chi connectivity index (χ0) is 42.3. The summed E-state index contributed by atoms with van der Waals surface area (Å²) in [4.78, 5) is 34.6. The highest BCUT2D eigenvalue weighted by atomic mass is 19.1. The number of phenolic OH excluding ortho intramolecular Hbond substituents is 1. The summed E-state index contributed by atoms with van der Waals surface area (Å²) in [5, 5.41) is 12.2. The lowest BCUT2D eigenvalue weighted by atomic mass is 9.93. The van der Waals surface area contributed by atoms with Gasteiger partial charge >= 0.3 is 11.8 Å². The molecule has 3 saturated heterocycles. The first-order valence-corrected chi connectivity index (χ1v) is 22.5. The van der Waals surface area contributed by atoms with E-state index in [0.29, 0.717) is 78.3 Å². The molecule has 322 valence electrons. The number of hydrogen-bond donors (Lipinski definition) is 1. The molecule has 11 nitrogen and oxygen atoms in total. The lowest BCUT2D eigenvalue weighted by Gasteiger charge is -2.47. The summed E-state index contributed by atoms with van der Waals surface area (Å²) in [6.45, 7) is 8.54. The van der Waals surface area contributed by atoms with E-state index in [-0.39, 0.29) is 51.7 Å². The number of aryl methyl sites for hydroxylation is 2. The van der Waals surface area contributed by atoms with Gasteiger partial charge in [-0.1, -0.05) is 57.9 Å². The third-order valence-corrected chi connectivity index (χ3v) is 13.9. The topological polar surface area (TPSA) is 121 Å². The van der Waals surface area contributed by atoms with Crippen LogP contribution in [0, 0.1) is 24.0 Å². The Bertz CT molecular complexity index is 2520. The Balaban J connectivity index is 1.11. The summed E-state index contributed by atoms with van der Waals surface area (Å²) in [5.74, 6) is 2.14. The van der Waals surface area contributed by atoms with E-state index >= 15 is 8.78 Å². The second-order valence-corrected chi connectivity index (χ2v) is 17.6. The largest absolute Gasteiger partial charge is 0.519 e. The van der Waals surface area contributed by atoms with Crippen LogP contribution in [0.25, 0.3) is 32.9 Å². The fraction of sp³-hybridized carbons (Fsp3) is 0.542. The maximum Gasteiger partial charge on any atom is 0.519 e. The third-order valence-electron chi connectivity index (χ3n) is 13.9. The number of aromatic hydroxyl groups is 1. The maximum atomic E-state index is 17.6. The number of aromatic nitrogens is 3. The van der Waals surface area contributed by atoms with Crippen LogP contribution in [0.3, 0.4) is 0 Å². The summed E-state index contributed by atoms with van der Waals surface area (Å²) in [6.07, 6.45) is 20.4. The first kappa shape index (κ1) is 41.3. The number of anilines is 1. The minimum atomic E-state index is -0.719. The smallest absolute Gasteiger partial charge is 0.508 e. The Morgan fingerprint density at radius 1 is 0.967 bits per heavy atom. The van der Waals surface area contributed by atoms with Crippen molar-refractivity contribution in [3.8, 4) is 35.4 Å². The molecule has 61 heavy (non-hydrogen) atoms. The average molecular weight is 835 g/mol. The molecule has 3 fully saturated rings. The van der Waals surface area contributed by atoms with E-state index in [0.717, 1.165) is 70.9 Å². The average Bonchev–Trinajstić information content (AvgIpc) is 3.95. The van der Waals surface area contributed by atoms with Crippen molar-refractivity contribution < 1.29 is 27.5 Å². The van der Waals surface area contributed by atoms with E-state index in [9.17, 15) is 9.90 Å². The molecule has 0 saturated carbocycles. The van der Waals surface area contributed by atoms with E-state index in [2.05, 4.69) is 34.5 Å². The van der Waals surface area contributed by atoms with Gasteiger partial charge in [0.25, 0.3) is 0 Å². The summed E-state index contributed by atoms with van der Waals surface area (Å²) in [7, 11) is 0. The van der Waals surface area contributed by atoms with Crippen molar-refractivity contribution in [3.63, 3.8) is 0 Å². The number of benzene rings is 2. The Kier molecular flexibility index (Phi) is 11.8. The standard InChI is InChI=1S/C48H56F2N6O5/c1-4-7-8-9-10-11-17-38-39(61-47(58)60-38)28-54-26-32-15-12-16-37-41-44(42(50)43(51-37)35-25-33(57)24-30-18-19-36(49)34(6-3)40(30)35)52-46(53-45(41)56(32)27-31(54)5-2)59-29-48-20-13-22-55(48)23-14-21-48/h3,18-19,24-25,31-32,57H,4-5,7-17,20-23,26-29H2,1-2H3/t31-,32?/m1/s1. The van der Waals surface area contributed by atoms with Gasteiger partial charge in [-0.15, -0.1) is 6.42 Å². The number of fused-ring (bicyclic) bond motifs is 4. The molecule has 5 aromatic rings. The summed E-state index contributed by atoms with van der Waals surface area (Å²) in [6, 6.07) is 5.80. The van der Waals surface area contributed by atoms with Gasteiger partial charge in [-0.2, -0.15) is 9.97 Å². The summed E-state index contributed by atoms with van der Waals surface area (Å²) < 4.78 is 50.7. The first-order valence-electron chi connectivity index (χ1n) is 22.5. The molecule has 1 N–H and O–H groups in total.